The van der Waals surface area contributed by atoms with Gasteiger partial charge < -0.3 is 10.8 Å². The van der Waals surface area contributed by atoms with Crippen molar-refractivity contribution in [3.63, 3.8) is 0 Å². The lowest BCUT2D eigenvalue weighted by molar-refractivity contribution is 0.446. The monoisotopic (exact) mass is 313 g/mol. The molecule has 0 bridgehead atoms. The molecule has 0 saturated heterocycles. The molecular formula is C11H12BrN3OS. The van der Waals surface area contributed by atoms with Crippen LogP contribution in [0.5, 0.6) is 5.88 Å². The molecule has 0 saturated carbocycles. The Bertz CT molecular complexity index is 440. The van der Waals surface area contributed by atoms with E-state index in [1.165, 1.54) is 11.6 Å². The van der Waals surface area contributed by atoms with Gasteiger partial charge in [0.1, 0.15) is 5.82 Å². The van der Waals surface area contributed by atoms with Crippen LogP contribution in [-0.2, 0) is 0 Å². The first-order chi connectivity index (χ1) is 7.97. The minimum absolute atomic E-state index is 0.160. The standard InChI is InChI=1S/C7H7Br.C4H5N3OS/c1-6-3-2-4-7(8)5-6;5-2-1-3(8)7-4(9)6-2/h2-5H,1H3;1H,(H4,5,6,7,8,9). The Morgan fingerprint density at radius 1 is 1.29 bits per heavy atom. The topological polar surface area (TPSA) is 72.0 Å². The maximum absolute atomic E-state index is 8.71. The Hall–Kier alpha value is -1.27. The van der Waals surface area contributed by atoms with Crippen LogP contribution in [0.25, 0.3) is 0 Å². The van der Waals surface area contributed by atoms with E-state index < -0.39 is 0 Å². The largest absolute Gasteiger partial charge is 0.493 e. The first-order valence-electron chi connectivity index (χ1n) is 4.72. The maximum atomic E-state index is 8.71. The number of nitrogens with zero attached hydrogens (tertiary/aromatic N) is 2. The van der Waals surface area contributed by atoms with E-state index in [-0.39, 0.29) is 16.9 Å². The van der Waals surface area contributed by atoms with Crippen LogP contribution >= 0.6 is 28.6 Å². The Balaban J connectivity index is 0.000000171. The van der Waals surface area contributed by atoms with Crippen LogP contribution in [0.1, 0.15) is 5.56 Å². The zero-order chi connectivity index (χ0) is 12.8. The van der Waals surface area contributed by atoms with Crippen molar-refractivity contribution < 1.29 is 5.11 Å². The number of nitrogen functional groups attached to an aromatic ring is 1. The fraction of sp³-hybridized carbons (Fsp3) is 0.0909. The number of aromatic hydroxyl groups is 1. The Morgan fingerprint density at radius 3 is 2.41 bits per heavy atom. The molecule has 1 aromatic carbocycles. The average molecular weight is 314 g/mol. The van der Waals surface area contributed by atoms with Gasteiger partial charge in [-0.3, -0.25) is 0 Å². The molecule has 0 fully saturated rings. The van der Waals surface area contributed by atoms with Gasteiger partial charge in [-0.05, 0) is 19.1 Å². The molecule has 4 nitrogen and oxygen atoms in total. The zero-order valence-corrected chi connectivity index (χ0v) is 11.6. The lowest BCUT2D eigenvalue weighted by atomic mass is 10.2. The second-order valence-electron chi connectivity index (χ2n) is 3.25. The van der Waals surface area contributed by atoms with Crippen LogP contribution in [0.4, 0.5) is 5.82 Å². The summed E-state index contributed by atoms with van der Waals surface area (Å²) in [5.74, 6) is 0.0556. The number of benzene rings is 1. The normalized spacial score (nSPS) is 9.35. The predicted octanol–water partition coefficient (Wildman–Crippen LogP) is 2.81. The summed E-state index contributed by atoms with van der Waals surface area (Å²) >= 11 is 7.12. The summed E-state index contributed by atoms with van der Waals surface area (Å²) in [6.45, 7) is 2.07. The number of hydrogen-bond acceptors (Lipinski definition) is 5. The summed E-state index contributed by atoms with van der Waals surface area (Å²) in [7, 11) is 0. The molecule has 0 unspecified atom stereocenters. The maximum Gasteiger partial charge on any atom is 0.216 e. The Kier molecular flexibility index (Phi) is 5.24. The molecule has 0 atom stereocenters. The van der Waals surface area contributed by atoms with Gasteiger partial charge >= 0.3 is 0 Å². The van der Waals surface area contributed by atoms with Gasteiger partial charge in [-0.2, -0.15) is 4.98 Å². The number of nitrogens with two attached hydrogens (primary N) is 1. The molecule has 90 valence electrons. The second kappa shape index (κ2) is 6.46. The van der Waals surface area contributed by atoms with Crippen LogP contribution in [0.2, 0.25) is 0 Å². The molecule has 0 aliphatic rings. The highest BCUT2D eigenvalue weighted by Gasteiger charge is 1.94. The van der Waals surface area contributed by atoms with Gasteiger partial charge in [0.25, 0.3) is 0 Å². The first-order valence-corrected chi connectivity index (χ1v) is 5.96. The number of aromatic nitrogens is 2. The molecular weight excluding hydrogens is 302 g/mol. The third-order valence-electron chi connectivity index (χ3n) is 1.70. The first kappa shape index (κ1) is 13.8. The number of hydrogen-bond donors (Lipinski definition) is 3. The summed E-state index contributed by atoms with van der Waals surface area (Å²) in [6, 6.07) is 9.46. The number of aryl methyl sites for hydroxylation is 1. The molecule has 2 rings (SSSR count). The number of rotatable bonds is 0. The van der Waals surface area contributed by atoms with E-state index in [0.717, 1.165) is 4.47 Å². The molecule has 1 aromatic heterocycles. The van der Waals surface area contributed by atoms with Crippen LogP contribution in [0, 0.1) is 6.92 Å². The minimum Gasteiger partial charge on any atom is -0.493 e. The third kappa shape index (κ3) is 5.55. The van der Waals surface area contributed by atoms with Crippen molar-refractivity contribution in [1.82, 2.24) is 9.97 Å². The molecule has 1 heterocycles. The van der Waals surface area contributed by atoms with Crippen molar-refractivity contribution in [1.29, 1.82) is 0 Å². The van der Waals surface area contributed by atoms with Crippen molar-refractivity contribution in [3.8, 4) is 5.88 Å². The van der Waals surface area contributed by atoms with E-state index >= 15 is 0 Å². The summed E-state index contributed by atoms with van der Waals surface area (Å²) < 4.78 is 1.15. The van der Waals surface area contributed by atoms with E-state index in [2.05, 4.69) is 57.6 Å². The molecule has 6 heteroatoms. The quantitative estimate of drug-likeness (QED) is 0.516. The van der Waals surface area contributed by atoms with E-state index in [1.807, 2.05) is 12.1 Å². The van der Waals surface area contributed by atoms with Crippen molar-refractivity contribution in [2.75, 3.05) is 5.73 Å². The molecule has 0 amide bonds. The molecule has 0 radical (unpaired) electrons. The van der Waals surface area contributed by atoms with Crippen molar-refractivity contribution in [2.45, 2.75) is 12.1 Å². The van der Waals surface area contributed by atoms with Gasteiger partial charge in [0.15, 0.2) is 5.16 Å². The molecule has 0 spiro atoms. The van der Waals surface area contributed by atoms with Crippen molar-refractivity contribution in [2.24, 2.45) is 0 Å². The van der Waals surface area contributed by atoms with E-state index in [1.54, 1.807) is 0 Å². The summed E-state index contributed by atoms with van der Waals surface area (Å²) in [6.07, 6.45) is 0. The van der Waals surface area contributed by atoms with E-state index in [0.29, 0.717) is 0 Å². The fourth-order valence-electron chi connectivity index (χ4n) is 1.05. The van der Waals surface area contributed by atoms with Crippen LogP contribution in [0.15, 0.2) is 40.0 Å². The lowest BCUT2D eigenvalue weighted by Crippen LogP contribution is -1.91. The van der Waals surface area contributed by atoms with Gasteiger partial charge in [-0.25, -0.2) is 4.98 Å². The third-order valence-corrected chi connectivity index (χ3v) is 2.39. The Labute approximate surface area is 113 Å². The van der Waals surface area contributed by atoms with Gasteiger partial charge in [-0.1, -0.05) is 33.6 Å². The van der Waals surface area contributed by atoms with E-state index in [9.17, 15) is 0 Å². The zero-order valence-electron chi connectivity index (χ0n) is 9.13. The highest BCUT2D eigenvalue weighted by molar-refractivity contribution is 9.10. The number of thiol groups is 1. The van der Waals surface area contributed by atoms with Gasteiger partial charge in [0, 0.05) is 10.5 Å². The number of anilines is 1. The highest BCUT2D eigenvalue weighted by atomic mass is 79.9. The van der Waals surface area contributed by atoms with Crippen molar-refractivity contribution in [3.05, 3.63) is 40.4 Å². The smallest absolute Gasteiger partial charge is 0.216 e. The molecule has 17 heavy (non-hydrogen) atoms. The molecule has 0 aliphatic heterocycles. The predicted molar refractivity (Wildman–Crippen MR) is 74.2 cm³/mol. The molecule has 2 aromatic rings. The fourth-order valence-corrected chi connectivity index (χ4v) is 1.78. The lowest BCUT2D eigenvalue weighted by Gasteiger charge is -1.93. The van der Waals surface area contributed by atoms with Crippen LogP contribution < -0.4 is 5.73 Å². The molecule has 3 N–H and O–H groups in total. The minimum atomic E-state index is -0.160. The SMILES string of the molecule is Cc1cccc(Br)c1.Nc1cc(O)nc(S)n1. The second-order valence-corrected chi connectivity index (χ2v) is 4.57. The van der Waals surface area contributed by atoms with Gasteiger partial charge in [0.2, 0.25) is 5.88 Å². The van der Waals surface area contributed by atoms with Gasteiger partial charge in [0.05, 0.1) is 0 Å². The summed E-state index contributed by atoms with van der Waals surface area (Å²) in [4.78, 5) is 7.07. The number of halogens is 1. The summed E-state index contributed by atoms with van der Waals surface area (Å²) in [5.41, 5.74) is 6.49. The van der Waals surface area contributed by atoms with Crippen LogP contribution in [0.3, 0.4) is 0 Å². The van der Waals surface area contributed by atoms with Crippen molar-refractivity contribution >= 4 is 34.4 Å². The average Bonchev–Trinajstić information content (AvgIpc) is 2.15. The van der Waals surface area contributed by atoms with Gasteiger partial charge in [-0.15, -0.1) is 12.6 Å². The Morgan fingerprint density at radius 2 is 2.00 bits per heavy atom. The molecule has 0 aliphatic carbocycles. The highest BCUT2D eigenvalue weighted by Crippen LogP contribution is 2.10. The van der Waals surface area contributed by atoms with E-state index in [4.69, 9.17) is 10.8 Å². The summed E-state index contributed by atoms with van der Waals surface area (Å²) in [5, 5.41) is 8.89. The van der Waals surface area contributed by atoms with Crippen LogP contribution in [-0.4, -0.2) is 15.1 Å².